The lowest BCUT2D eigenvalue weighted by Crippen LogP contribution is -2.40. The van der Waals surface area contributed by atoms with E-state index in [-0.39, 0.29) is 17.9 Å². The number of nitrogens with zero attached hydrogens (tertiary/aromatic N) is 2. The molecular formula is C23H33N3O5S. The lowest BCUT2D eigenvalue weighted by atomic mass is 9.97. The molecule has 1 heterocycles. The molecule has 2 aromatic rings. The molecule has 0 bridgehead atoms. The minimum absolute atomic E-state index is 0.0500. The monoisotopic (exact) mass is 463 g/mol. The third-order valence-corrected chi connectivity index (χ3v) is 8.03. The predicted octanol–water partition coefficient (Wildman–Crippen LogP) is 2.39. The lowest BCUT2D eigenvalue weighted by molar-refractivity contribution is -0.140. The van der Waals surface area contributed by atoms with E-state index < -0.39 is 28.1 Å². The number of anilines is 1. The van der Waals surface area contributed by atoms with Crippen LogP contribution in [0.4, 0.5) is 5.69 Å². The van der Waals surface area contributed by atoms with Gasteiger partial charge in [-0.2, -0.15) is 4.31 Å². The SMILES string of the molecule is CN(C)c1cccc2c(S(=O)(=O)N3CC(O)CC3C(=O)O)cccc12.NC1CCCCC1. The first kappa shape index (κ1) is 24.4. The fourth-order valence-corrected chi connectivity index (χ4v) is 6.25. The van der Waals surface area contributed by atoms with Gasteiger partial charge in [-0.3, -0.25) is 4.79 Å². The summed E-state index contributed by atoms with van der Waals surface area (Å²) in [6.07, 6.45) is 5.57. The molecule has 9 heteroatoms. The maximum Gasteiger partial charge on any atom is 0.322 e. The quantitative estimate of drug-likeness (QED) is 0.636. The average molecular weight is 464 g/mol. The summed E-state index contributed by atoms with van der Waals surface area (Å²) in [5.41, 5.74) is 6.50. The molecule has 0 spiro atoms. The Bertz CT molecular complexity index is 1050. The van der Waals surface area contributed by atoms with E-state index in [0.717, 1.165) is 15.4 Å². The lowest BCUT2D eigenvalue weighted by Gasteiger charge is -2.22. The molecule has 0 radical (unpaired) electrons. The molecular weight excluding hydrogens is 430 g/mol. The fourth-order valence-electron chi connectivity index (χ4n) is 4.41. The van der Waals surface area contributed by atoms with Crippen LogP contribution in [0.3, 0.4) is 0 Å². The number of sulfonamides is 1. The molecule has 4 rings (SSSR count). The number of carboxylic acid groups (broad SMARTS) is 1. The summed E-state index contributed by atoms with van der Waals surface area (Å²) in [5.74, 6) is -1.26. The summed E-state index contributed by atoms with van der Waals surface area (Å²) in [6, 6.07) is 9.59. The molecule has 32 heavy (non-hydrogen) atoms. The van der Waals surface area contributed by atoms with E-state index in [1.54, 1.807) is 18.2 Å². The normalized spacial score (nSPS) is 22.4. The predicted molar refractivity (Wildman–Crippen MR) is 125 cm³/mol. The molecule has 0 aromatic heterocycles. The van der Waals surface area contributed by atoms with Gasteiger partial charge >= 0.3 is 5.97 Å². The van der Waals surface area contributed by atoms with Crippen molar-refractivity contribution >= 4 is 32.5 Å². The van der Waals surface area contributed by atoms with E-state index in [9.17, 15) is 23.4 Å². The van der Waals surface area contributed by atoms with E-state index in [1.165, 1.54) is 38.2 Å². The highest BCUT2D eigenvalue weighted by Gasteiger charge is 2.44. The molecule has 2 aliphatic rings. The molecule has 2 unspecified atom stereocenters. The fraction of sp³-hybridized carbons (Fsp3) is 0.522. The zero-order valence-corrected chi connectivity index (χ0v) is 19.5. The summed E-state index contributed by atoms with van der Waals surface area (Å²) in [6.45, 7) is -0.219. The van der Waals surface area contributed by atoms with Gasteiger partial charge in [0.1, 0.15) is 6.04 Å². The summed E-state index contributed by atoms with van der Waals surface area (Å²) in [4.78, 5) is 13.4. The number of nitrogens with two attached hydrogens (primary N) is 1. The Morgan fingerprint density at radius 1 is 1.06 bits per heavy atom. The first-order chi connectivity index (χ1) is 15.1. The van der Waals surface area contributed by atoms with Crippen LogP contribution in [-0.2, 0) is 14.8 Å². The van der Waals surface area contributed by atoms with Crippen LogP contribution in [0.1, 0.15) is 38.5 Å². The summed E-state index contributed by atoms with van der Waals surface area (Å²) in [5, 5.41) is 20.4. The Morgan fingerprint density at radius 2 is 1.69 bits per heavy atom. The zero-order chi connectivity index (χ0) is 23.5. The maximum atomic E-state index is 13.1. The highest BCUT2D eigenvalue weighted by molar-refractivity contribution is 7.89. The maximum absolute atomic E-state index is 13.1. The Hall–Kier alpha value is -2.20. The molecule has 4 N–H and O–H groups in total. The van der Waals surface area contributed by atoms with Crippen molar-refractivity contribution in [2.45, 2.75) is 61.6 Å². The number of hydrogen-bond acceptors (Lipinski definition) is 6. The number of aliphatic hydroxyl groups is 1. The first-order valence-corrected chi connectivity index (χ1v) is 12.4. The van der Waals surface area contributed by atoms with Gasteiger partial charge in [-0.05, 0) is 25.0 Å². The van der Waals surface area contributed by atoms with Crippen molar-refractivity contribution in [3.05, 3.63) is 36.4 Å². The van der Waals surface area contributed by atoms with Crippen molar-refractivity contribution in [2.24, 2.45) is 5.73 Å². The second kappa shape index (κ2) is 10.2. The number of aliphatic carboxylic acids is 1. The van der Waals surface area contributed by atoms with Crippen molar-refractivity contribution < 1.29 is 23.4 Å². The summed E-state index contributed by atoms with van der Waals surface area (Å²) < 4.78 is 27.1. The molecule has 176 valence electrons. The number of carboxylic acids is 1. The van der Waals surface area contributed by atoms with Gasteiger partial charge in [-0.25, -0.2) is 8.42 Å². The van der Waals surface area contributed by atoms with Gasteiger partial charge in [0.15, 0.2) is 0 Å². The van der Waals surface area contributed by atoms with Crippen LogP contribution in [0.15, 0.2) is 41.3 Å². The van der Waals surface area contributed by atoms with Crippen LogP contribution >= 0.6 is 0 Å². The summed E-state index contributed by atoms with van der Waals surface area (Å²) >= 11 is 0. The minimum Gasteiger partial charge on any atom is -0.480 e. The standard InChI is InChI=1S/C17H20N2O5S.C6H13N/c1-18(2)14-7-3-6-13-12(14)5-4-8-16(13)25(23,24)19-10-11(20)9-15(19)17(21)22;7-6-4-2-1-3-5-6/h3-8,11,15,20H,9-10H2,1-2H3,(H,21,22);6H,1-5,7H2. The van der Waals surface area contributed by atoms with Crippen LogP contribution in [0.5, 0.6) is 0 Å². The molecule has 1 saturated carbocycles. The van der Waals surface area contributed by atoms with Crippen molar-refractivity contribution in [2.75, 3.05) is 25.5 Å². The van der Waals surface area contributed by atoms with Crippen LogP contribution in [0.2, 0.25) is 0 Å². The number of carbonyl (C=O) groups is 1. The van der Waals surface area contributed by atoms with Crippen molar-refractivity contribution in [3.8, 4) is 0 Å². The smallest absolute Gasteiger partial charge is 0.322 e. The number of fused-ring (bicyclic) bond motifs is 1. The van der Waals surface area contributed by atoms with Gasteiger partial charge in [0.2, 0.25) is 10.0 Å². The molecule has 2 atom stereocenters. The van der Waals surface area contributed by atoms with E-state index in [0.29, 0.717) is 11.4 Å². The highest BCUT2D eigenvalue weighted by Crippen LogP contribution is 2.34. The van der Waals surface area contributed by atoms with Gasteiger partial charge in [0, 0.05) is 49.6 Å². The van der Waals surface area contributed by atoms with Gasteiger partial charge in [-0.15, -0.1) is 0 Å². The van der Waals surface area contributed by atoms with E-state index in [4.69, 9.17) is 5.73 Å². The molecule has 2 aromatic carbocycles. The molecule has 0 amide bonds. The summed E-state index contributed by atoms with van der Waals surface area (Å²) in [7, 11) is -0.324. The van der Waals surface area contributed by atoms with Crippen molar-refractivity contribution in [3.63, 3.8) is 0 Å². The average Bonchev–Trinajstić information content (AvgIpc) is 3.17. The van der Waals surface area contributed by atoms with Crippen molar-refractivity contribution in [1.29, 1.82) is 0 Å². The second-order valence-corrected chi connectivity index (χ2v) is 10.6. The first-order valence-electron chi connectivity index (χ1n) is 11.0. The van der Waals surface area contributed by atoms with Crippen LogP contribution in [-0.4, -0.2) is 67.7 Å². The highest BCUT2D eigenvalue weighted by atomic mass is 32.2. The Balaban J connectivity index is 0.000000352. The van der Waals surface area contributed by atoms with Gasteiger partial charge < -0.3 is 20.8 Å². The third kappa shape index (κ3) is 5.23. The van der Waals surface area contributed by atoms with Gasteiger partial charge in [0.25, 0.3) is 0 Å². The molecule has 1 aliphatic heterocycles. The van der Waals surface area contributed by atoms with Crippen molar-refractivity contribution in [1.82, 2.24) is 4.31 Å². The topological polar surface area (TPSA) is 124 Å². The third-order valence-electron chi connectivity index (χ3n) is 6.10. The molecule has 8 nitrogen and oxygen atoms in total. The van der Waals surface area contributed by atoms with E-state index >= 15 is 0 Å². The van der Waals surface area contributed by atoms with Crippen LogP contribution in [0.25, 0.3) is 10.8 Å². The second-order valence-electron chi connectivity index (χ2n) is 8.74. The number of rotatable bonds is 4. The van der Waals surface area contributed by atoms with E-state index in [2.05, 4.69) is 0 Å². The molecule has 1 aliphatic carbocycles. The van der Waals surface area contributed by atoms with Gasteiger partial charge in [-0.1, -0.05) is 43.5 Å². The Morgan fingerprint density at radius 3 is 2.25 bits per heavy atom. The Labute approximate surface area is 189 Å². The molecule has 2 fully saturated rings. The van der Waals surface area contributed by atoms with E-state index in [1.807, 2.05) is 31.1 Å². The minimum atomic E-state index is -4.06. The molecule has 1 saturated heterocycles. The number of aliphatic hydroxyl groups excluding tert-OH is 1. The van der Waals surface area contributed by atoms with Gasteiger partial charge in [0.05, 0.1) is 11.0 Å². The Kier molecular flexibility index (Phi) is 7.76. The van der Waals surface area contributed by atoms with Crippen LogP contribution < -0.4 is 10.6 Å². The zero-order valence-electron chi connectivity index (χ0n) is 18.6. The number of benzene rings is 2. The van der Waals surface area contributed by atoms with Crippen LogP contribution in [0, 0.1) is 0 Å². The number of hydrogen-bond donors (Lipinski definition) is 3. The number of β-amino-alcohol motifs (C(OH)–C–C–N with tert-alkyl or cyclic N) is 1. The largest absolute Gasteiger partial charge is 0.480 e.